The summed E-state index contributed by atoms with van der Waals surface area (Å²) in [6.45, 7) is 0.459. The van der Waals surface area contributed by atoms with Crippen LogP contribution in [-0.4, -0.2) is 31.6 Å². The van der Waals surface area contributed by atoms with Crippen LogP contribution in [0.2, 0.25) is 5.02 Å². The molecule has 0 aromatic heterocycles. The van der Waals surface area contributed by atoms with E-state index in [0.717, 1.165) is 11.6 Å². The number of nitro benzene ring substituents is 1. The van der Waals surface area contributed by atoms with Crippen molar-refractivity contribution in [2.45, 2.75) is 6.42 Å². The molecule has 0 aliphatic carbocycles. The summed E-state index contributed by atoms with van der Waals surface area (Å²) in [7, 11) is 3.11. The van der Waals surface area contributed by atoms with Crippen LogP contribution >= 0.6 is 11.6 Å². The van der Waals surface area contributed by atoms with Crippen molar-refractivity contribution < 1.29 is 19.2 Å². The van der Waals surface area contributed by atoms with Gasteiger partial charge >= 0.3 is 0 Å². The molecule has 0 saturated heterocycles. The van der Waals surface area contributed by atoms with Gasteiger partial charge in [0.05, 0.1) is 19.1 Å². The van der Waals surface area contributed by atoms with Gasteiger partial charge < -0.3 is 20.1 Å². The number of nitrogens with zero attached hydrogens (tertiary/aromatic N) is 2. The molecule has 0 radical (unpaired) electrons. The Labute approximate surface area is 178 Å². The molecule has 2 aromatic rings. The van der Waals surface area contributed by atoms with E-state index in [4.69, 9.17) is 21.1 Å². The molecule has 1 amide bonds. The minimum Gasteiger partial charge on any atom is -0.493 e. The largest absolute Gasteiger partial charge is 0.493 e. The minimum atomic E-state index is -0.701. The molecule has 0 fully saturated rings. The Morgan fingerprint density at radius 2 is 1.97 bits per heavy atom. The number of nitro groups is 1. The van der Waals surface area contributed by atoms with Crippen molar-refractivity contribution in [3.8, 4) is 17.6 Å². The Balaban J connectivity index is 1.97. The number of methoxy groups -OCH3 is 2. The van der Waals surface area contributed by atoms with Gasteiger partial charge in [-0.2, -0.15) is 5.26 Å². The predicted molar refractivity (Wildman–Crippen MR) is 112 cm³/mol. The van der Waals surface area contributed by atoms with E-state index in [1.165, 1.54) is 18.3 Å². The number of hydrogen-bond acceptors (Lipinski definition) is 7. The molecule has 0 heterocycles. The first-order valence-electron chi connectivity index (χ1n) is 8.69. The Kier molecular flexibility index (Phi) is 8.02. The number of nitrogens with one attached hydrogen (secondary N) is 2. The van der Waals surface area contributed by atoms with E-state index >= 15 is 0 Å². The van der Waals surface area contributed by atoms with Gasteiger partial charge in [-0.05, 0) is 36.2 Å². The Morgan fingerprint density at radius 1 is 1.23 bits per heavy atom. The predicted octanol–water partition coefficient (Wildman–Crippen LogP) is 3.44. The highest BCUT2D eigenvalue weighted by Crippen LogP contribution is 2.28. The molecule has 2 rings (SSSR count). The summed E-state index contributed by atoms with van der Waals surface area (Å²) in [5, 5.41) is 25.5. The fourth-order valence-electron chi connectivity index (χ4n) is 2.50. The fourth-order valence-corrected chi connectivity index (χ4v) is 2.69. The molecule has 0 unspecified atom stereocenters. The van der Waals surface area contributed by atoms with Gasteiger partial charge in [0.2, 0.25) is 0 Å². The zero-order valence-corrected chi connectivity index (χ0v) is 17.0. The molecular weight excluding hydrogens is 412 g/mol. The average Bonchev–Trinajstić information content (AvgIpc) is 2.74. The van der Waals surface area contributed by atoms with Gasteiger partial charge in [-0.3, -0.25) is 14.9 Å². The summed E-state index contributed by atoms with van der Waals surface area (Å²) < 4.78 is 10.4. The first kappa shape index (κ1) is 22.5. The summed E-state index contributed by atoms with van der Waals surface area (Å²) in [5.41, 5.74) is 0.609. The second kappa shape index (κ2) is 10.7. The number of nitriles is 1. The Hall–Kier alpha value is -3.77. The van der Waals surface area contributed by atoms with E-state index in [-0.39, 0.29) is 22.0 Å². The van der Waals surface area contributed by atoms with Crippen molar-refractivity contribution in [1.82, 2.24) is 5.32 Å². The summed E-state index contributed by atoms with van der Waals surface area (Å²) in [5.74, 6) is 0.535. The molecule has 0 saturated carbocycles. The molecule has 156 valence electrons. The van der Waals surface area contributed by atoms with E-state index in [2.05, 4.69) is 10.6 Å². The number of hydrogen-bond donors (Lipinski definition) is 2. The summed E-state index contributed by atoms with van der Waals surface area (Å²) >= 11 is 5.75. The highest BCUT2D eigenvalue weighted by molar-refractivity contribution is 6.32. The lowest BCUT2D eigenvalue weighted by atomic mass is 10.1. The first-order valence-corrected chi connectivity index (χ1v) is 9.07. The monoisotopic (exact) mass is 430 g/mol. The number of benzene rings is 2. The van der Waals surface area contributed by atoms with E-state index in [0.29, 0.717) is 24.5 Å². The first-order chi connectivity index (χ1) is 14.4. The minimum absolute atomic E-state index is 0.0501. The number of rotatable bonds is 9. The van der Waals surface area contributed by atoms with Crippen LogP contribution in [0.5, 0.6) is 11.5 Å². The van der Waals surface area contributed by atoms with Gasteiger partial charge in [0.15, 0.2) is 11.5 Å². The zero-order valence-electron chi connectivity index (χ0n) is 16.3. The third kappa shape index (κ3) is 5.86. The van der Waals surface area contributed by atoms with E-state index in [1.807, 2.05) is 12.1 Å². The van der Waals surface area contributed by atoms with Gasteiger partial charge in [-0.15, -0.1) is 0 Å². The van der Waals surface area contributed by atoms with Crippen molar-refractivity contribution in [3.63, 3.8) is 0 Å². The maximum absolute atomic E-state index is 12.3. The number of amides is 1. The topological polar surface area (TPSA) is 127 Å². The average molecular weight is 431 g/mol. The third-order valence-electron chi connectivity index (χ3n) is 4.02. The molecular formula is C20H19ClN4O5. The SMILES string of the molecule is COc1ccc(CCN/C=C(/C#N)C(=O)Nc2ccc(Cl)c([N+](=O)[O-])c2)cc1OC. The van der Waals surface area contributed by atoms with Crippen LogP contribution in [0.4, 0.5) is 11.4 Å². The van der Waals surface area contributed by atoms with E-state index in [9.17, 15) is 20.2 Å². The quantitative estimate of drug-likeness (QED) is 0.205. The fraction of sp³-hybridized carbons (Fsp3) is 0.200. The highest BCUT2D eigenvalue weighted by Gasteiger charge is 2.15. The molecule has 0 aliphatic heterocycles. The number of anilines is 1. The number of ether oxygens (including phenoxy) is 2. The molecule has 0 bridgehead atoms. The highest BCUT2D eigenvalue weighted by atomic mass is 35.5. The van der Waals surface area contributed by atoms with Crippen molar-refractivity contribution in [3.05, 3.63) is 68.9 Å². The van der Waals surface area contributed by atoms with Gasteiger partial charge in [-0.25, -0.2) is 0 Å². The van der Waals surface area contributed by atoms with Crippen LogP contribution in [0.3, 0.4) is 0 Å². The summed E-state index contributed by atoms with van der Waals surface area (Å²) in [6.07, 6.45) is 1.90. The second-order valence-electron chi connectivity index (χ2n) is 5.94. The number of halogens is 1. The van der Waals surface area contributed by atoms with Crippen LogP contribution in [0.25, 0.3) is 0 Å². The summed E-state index contributed by atoms with van der Waals surface area (Å²) in [6, 6.07) is 11.2. The van der Waals surface area contributed by atoms with Gasteiger partial charge in [-0.1, -0.05) is 17.7 Å². The summed E-state index contributed by atoms with van der Waals surface area (Å²) in [4.78, 5) is 22.5. The van der Waals surface area contributed by atoms with Gasteiger partial charge in [0, 0.05) is 24.5 Å². The number of carbonyl (C=O) groups excluding carboxylic acids is 1. The van der Waals surface area contributed by atoms with Crippen LogP contribution in [0.15, 0.2) is 48.2 Å². The standard InChI is InChI=1S/C20H19ClN4O5/c1-29-18-6-3-13(9-19(18)30-2)7-8-23-12-14(11-22)20(26)24-15-4-5-16(21)17(10-15)25(27)28/h3-6,9-10,12,23H,7-8H2,1-2H3,(H,24,26)/b14-12-. The molecule has 0 atom stereocenters. The van der Waals surface area contributed by atoms with Gasteiger partial charge in [0.1, 0.15) is 16.7 Å². The molecule has 2 N–H and O–H groups in total. The van der Waals surface area contributed by atoms with Crippen LogP contribution < -0.4 is 20.1 Å². The Bertz CT molecular complexity index is 1020. The second-order valence-corrected chi connectivity index (χ2v) is 6.35. The molecule has 2 aromatic carbocycles. The zero-order chi connectivity index (χ0) is 22.1. The lowest BCUT2D eigenvalue weighted by Gasteiger charge is -2.09. The lowest BCUT2D eigenvalue weighted by Crippen LogP contribution is -2.18. The van der Waals surface area contributed by atoms with E-state index < -0.39 is 10.8 Å². The molecule has 0 aliphatic rings. The number of carbonyl (C=O) groups is 1. The van der Waals surface area contributed by atoms with Crippen molar-refractivity contribution >= 4 is 28.9 Å². The molecule has 9 nitrogen and oxygen atoms in total. The Morgan fingerprint density at radius 3 is 2.60 bits per heavy atom. The van der Waals surface area contributed by atoms with E-state index in [1.54, 1.807) is 26.4 Å². The van der Waals surface area contributed by atoms with Crippen molar-refractivity contribution in [1.29, 1.82) is 5.26 Å². The lowest BCUT2D eigenvalue weighted by molar-refractivity contribution is -0.384. The molecule has 30 heavy (non-hydrogen) atoms. The smallest absolute Gasteiger partial charge is 0.289 e. The maximum atomic E-state index is 12.3. The van der Waals surface area contributed by atoms with Crippen molar-refractivity contribution in [2.75, 3.05) is 26.1 Å². The molecule has 10 heteroatoms. The van der Waals surface area contributed by atoms with Crippen LogP contribution in [0.1, 0.15) is 5.56 Å². The van der Waals surface area contributed by atoms with Gasteiger partial charge in [0.25, 0.3) is 11.6 Å². The third-order valence-corrected chi connectivity index (χ3v) is 4.34. The normalized spacial score (nSPS) is 10.7. The van der Waals surface area contributed by atoms with Crippen LogP contribution in [-0.2, 0) is 11.2 Å². The van der Waals surface area contributed by atoms with Crippen molar-refractivity contribution in [2.24, 2.45) is 0 Å². The molecule has 0 spiro atoms. The van der Waals surface area contributed by atoms with Crippen LogP contribution in [0, 0.1) is 21.4 Å². The maximum Gasteiger partial charge on any atom is 0.289 e.